The van der Waals surface area contributed by atoms with Crippen LogP contribution in [0.1, 0.15) is 36.5 Å². The van der Waals surface area contributed by atoms with Gasteiger partial charge in [0.15, 0.2) is 0 Å². The van der Waals surface area contributed by atoms with Gasteiger partial charge in [0.05, 0.1) is 11.8 Å². The van der Waals surface area contributed by atoms with Crippen LogP contribution in [0, 0.1) is 11.2 Å². The van der Waals surface area contributed by atoms with Gasteiger partial charge in [-0.3, -0.25) is 4.79 Å². The molecule has 0 radical (unpaired) electrons. The highest BCUT2D eigenvalue weighted by Crippen LogP contribution is 2.47. The summed E-state index contributed by atoms with van der Waals surface area (Å²) in [4.78, 5) is 15.4. The third-order valence-corrected chi connectivity index (χ3v) is 3.68. The number of nitrogens with zero attached hydrogens (tertiary/aromatic N) is 1. The van der Waals surface area contributed by atoms with Crippen molar-refractivity contribution < 1.29 is 9.18 Å². The number of hydrogen-bond donors (Lipinski definition) is 1. The quantitative estimate of drug-likeness (QED) is 0.842. The highest BCUT2D eigenvalue weighted by atomic mass is 35.5. The number of halogens is 2. The summed E-state index contributed by atoms with van der Waals surface area (Å²) in [5.74, 6) is -0.919. The van der Waals surface area contributed by atoms with E-state index in [-0.39, 0.29) is 22.0 Å². The topological polar surface area (TPSA) is 42.0 Å². The SMILES string of the molecule is CCC1(CNC(=O)c2cc(F)cnc2Cl)CC1. The lowest BCUT2D eigenvalue weighted by Gasteiger charge is -2.13. The van der Waals surface area contributed by atoms with E-state index in [9.17, 15) is 9.18 Å². The van der Waals surface area contributed by atoms with Gasteiger partial charge in [0.1, 0.15) is 11.0 Å². The first kappa shape index (κ1) is 12.3. The summed E-state index contributed by atoms with van der Waals surface area (Å²) in [6.45, 7) is 2.73. The first-order chi connectivity index (χ1) is 8.06. The van der Waals surface area contributed by atoms with Gasteiger partial charge in [-0.2, -0.15) is 0 Å². The van der Waals surface area contributed by atoms with E-state index in [0.29, 0.717) is 6.54 Å². The Hall–Kier alpha value is -1.16. The highest BCUT2D eigenvalue weighted by molar-refractivity contribution is 6.32. The summed E-state index contributed by atoms with van der Waals surface area (Å²) in [6, 6.07) is 1.11. The van der Waals surface area contributed by atoms with Gasteiger partial charge in [-0.25, -0.2) is 9.37 Å². The molecule has 5 heteroatoms. The molecule has 1 N–H and O–H groups in total. The van der Waals surface area contributed by atoms with Crippen molar-refractivity contribution in [1.82, 2.24) is 10.3 Å². The minimum absolute atomic E-state index is 0.0326. The van der Waals surface area contributed by atoms with Gasteiger partial charge in [-0.1, -0.05) is 18.5 Å². The second-order valence-electron chi connectivity index (χ2n) is 4.53. The van der Waals surface area contributed by atoms with Crippen LogP contribution in [0.5, 0.6) is 0 Å². The number of carbonyl (C=O) groups excluding carboxylic acids is 1. The van der Waals surface area contributed by atoms with Gasteiger partial charge in [-0.15, -0.1) is 0 Å². The van der Waals surface area contributed by atoms with Gasteiger partial charge < -0.3 is 5.32 Å². The molecule has 1 aromatic rings. The van der Waals surface area contributed by atoms with Crippen LogP contribution in [0.15, 0.2) is 12.3 Å². The number of amides is 1. The van der Waals surface area contributed by atoms with Crippen LogP contribution in [0.2, 0.25) is 5.15 Å². The first-order valence-corrected chi connectivity index (χ1v) is 6.03. The predicted octanol–water partition coefficient (Wildman–Crippen LogP) is 2.79. The minimum Gasteiger partial charge on any atom is -0.351 e. The average molecular weight is 257 g/mol. The summed E-state index contributed by atoms with van der Waals surface area (Å²) >= 11 is 5.75. The molecule has 0 unspecified atom stereocenters. The van der Waals surface area contributed by atoms with E-state index in [1.54, 1.807) is 0 Å². The molecule has 0 saturated heterocycles. The zero-order valence-electron chi connectivity index (χ0n) is 9.59. The molecule has 0 aliphatic heterocycles. The van der Waals surface area contributed by atoms with Crippen LogP contribution < -0.4 is 5.32 Å². The van der Waals surface area contributed by atoms with Gasteiger partial charge in [0, 0.05) is 6.54 Å². The predicted molar refractivity (Wildman–Crippen MR) is 63.5 cm³/mol. The Morgan fingerprint density at radius 3 is 2.94 bits per heavy atom. The number of nitrogens with one attached hydrogen (secondary N) is 1. The molecule has 0 bridgehead atoms. The van der Waals surface area contributed by atoms with E-state index in [1.807, 2.05) is 0 Å². The fourth-order valence-corrected chi connectivity index (χ4v) is 1.97. The molecule has 1 amide bonds. The standard InChI is InChI=1S/C12H14ClFN2O/c1-2-12(3-4-12)7-16-11(17)9-5-8(14)6-15-10(9)13/h5-6H,2-4,7H2,1H3,(H,16,17). The largest absolute Gasteiger partial charge is 0.351 e. The summed E-state index contributed by atoms with van der Waals surface area (Å²) in [7, 11) is 0. The number of rotatable bonds is 4. The Kier molecular flexibility index (Phi) is 3.33. The third-order valence-electron chi connectivity index (χ3n) is 3.38. The van der Waals surface area contributed by atoms with Crippen LogP contribution in [0.25, 0.3) is 0 Å². The maximum Gasteiger partial charge on any atom is 0.254 e. The van der Waals surface area contributed by atoms with Crippen molar-refractivity contribution in [3.63, 3.8) is 0 Å². The van der Waals surface area contributed by atoms with Crippen molar-refractivity contribution in [2.75, 3.05) is 6.54 Å². The lowest BCUT2D eigenvalue weighted by molar-refractivity contribution is 0.0943. The molecule has 0 spiro atoms. The zero-order valence-corrected chi connectivity index (χ0v) is 10.4. The van der Waals surface area contributed by atoms with Crippen LogP contribution in [-0.4, -0.2) is 17.4 Å². The average Bonchev–Trinajstić information content (AvgIpc) is 3.10. The Morgan fingerprint density at radius 2 is 2.35 bits per heavy atom. The second-order valence-corrected chi connectivity index (χ2v) is 4.89. The Labute approximate surface area is 104 Å². The monoisotopic (exact) mass is 256 g/mol. The second kappa shape index (κ2) is 4.61. The minimum atomic E-state index is -0.559. The van der Waals surface area contributed by atoms with Crippen LogP contribution >= 0.6 is 11.6 Å². The van der Waals surface area contributed by atoms with Gasteiger partial charge in [0.2, 0.25) is 0 Å². The molecule has 92 valence electrons. The Morgan fingerprint density at radius 1 is 1.65 bits per heavy atom. The van der Waals surface area contributed by atoms with Crippen molar-refractivity contribution in [3.05, 3.63) is 28.8 Å². The van der Waals surface area contributed by atoms with E-state index < -0.39 is 5.82 Å². The molecule has 3 nitrogen and oxygen atoms in total. The van der Waals surface area contributed by atoms with Crippen LogP contribution in [0.3, 0.4) is 0 Å². The maximum atomic E-state index is 13.0. The van der Waals surface area contributed by atoms with Gasteiger partial charge in [0.25, 0.3) is 5.91 Å². The molecule has 2 rings (SSSR count). The maximum absolute atomic E-state index is 13.0. The summed E-state index contributed by atoms with van der Waals surface area (Å²) < 4.78 is 13.0. The first-order valence-electron chi connectivity index (χ1n) is 5.65. The molecule has 1 aliphatic carbocycles. The fraction of sp³-hybridized carbons (Fsp3) is 0.500. The lowest BCUT2D eigenvalue weighted by Crippen LogP contribution is -2.30. The summed E-state index contributed by atoms with van der Waals surface area (Å²) in [5, 5.41) is 2.82. The van der Waals surface area contributed by atoms with Crippen LogP contribution in [-0.2, 0) is 0 Å². The van der Waals surface area contributed by atoms with Crippen molar-refractivity contribution in [3.8, 4) is 0 Å². The van der Waals surface area contributed by atoms with Crippen molar-refractivity contribution in [2.24, 2.45) is 5.41 Å². The Balaban J connectivity index is 2.02. The van der Waals surface area contributed by atoms with E-state index in [0.717, 1.165) is 31.5 Å². The highest BCUT2D eigenvalue weighted by Gasteiger charge is 2.40. The number of pyridine rings is 1. The van der Waals surface area contributed by atoms with Crippen molar-refractivity contribution >= 4 is 17.5 Å². The molecule has 1 fully saturated rings. The molecule has 0 aromatic carbocycles. The summed E-state index contributed by atoms with van der Waals surface area (Å²) in [5.41, 5.74) is 0.349. The molecule has 1 aliphatic rings. The van der Waals surface area contributed by atoms with Crippen molar-refractivity contribution in [2.45, 2.75) is 26.2 Å². The van der Waals surface area contributed by atoms with E-state index in [4.69, 9.17) is 11.6 Å². The molecule has 1 aromatic heterocycles. The molecule has 1 heterocycles. The number of hydrogen-bond acceptors (Lipinski definition) is 2. The van der Waals surface area contributed by atoms with Gasteiger partial charge in [-0.05, 0) is 30.7 Å². The third kappa shape index (κ3) is 2.75. The smallest absolute Gasteiger partial charge is 0.254 e. The molecular weight excluding hydrogens is 243 g/mol. The number of carbonyl (C=O) groups is 1. The van der Waals surface area contributed by atoms with E-state index in [1.165, 1.54) is 0 Å². The van der Waals surface area contributed by atoms with Gasteiger partial charge >= 0.3 is 0 Å². The van der Waals surface area contributed by atoms with Crippen molar-refractivity contribution in [1.29, 1.82) is 0 Å². The lowest BCUT2D eigenvalue weighted by atomic mass is 10.0. The molecule has 1 saturated carbocycles. The Bertz CT molecular complexity index is 446. The molecular formula is C12H14ClFN2O. The fourth-order valence-electron chi connectivity index (χ4n) is 1.78. The molecule has 0 atom stereocenters. The number of aromatic nitrogens is 1. The zero-order chi connectivity index (χ0) is 12.5. The summed E-state index contributed by atoms with van der Waals surface area (Å²) in [6.07, 6.45) is 4.31. The molecule has 17 heavy (non-hydrogen) atoms. The van der Waals surface area contributed by atoms with E-state index in [2.05, 4.69) is 17.2 Å². The normalized spacial score (nSPS) is 16.6. The van der Waals surface area contributed by atoms with E-state index >= 15 is 0 Å². The van der Waals surface area contributed by atoms with Crippen LogP contribution in [0.4, 0.5) is 4.39 Å².